The van der Waals surface area contributed by atoms with Crippen molar-refractivity contribution in [2.45, 2.75) is 12.8 Å². The van der Waals surface area contributed by atoms with E-state index in [4.69, 9.17) is 4.42 Å². The number of benzene rings is 5. The maximum Gasteiger partial charge on any atom is 0.153 e. The van der Waals surface area contributed by atoms with Gasteiger partial charge in [-0.2, -0.15) is 10.5 Å². The highest BCUT2D eigenvalue weighted by Gasteiger charge is 2.20. The number of rotatable bonds is 4. The van der Waals surface area contributed by atoms with Crippen molar-refractivity contribution in [3.05, 3.63) is 138 Å². The molecule has 41 heavy (non-hydrogen) atoms. The summed E-state index contributed by atoms with van der Waals surface area (Å²) >= 11 is 0. The van der Waals surface area contributed by atoms with Gasteiger partial charge < -0.3 is 4.42 Å². The first-order valence-corrected chi connectivity index (χ1v) is 13.7. The molecule has 7 rings (SSSR count). The molecule has 1 aliphatic rings. The second kappa shape index (κ2) is 10.2. The van der Waals surface area contributed by atoms with Gasteiger partial charge in [0, 0.05) is 27.5 Å². The molecule has 1 heterocycles. The van der Waals surface area contributed by atoms with Crippen LogP contribution in [0, 0.1) is 22.7 Å². The Balaban J connectivity index is 1.47. The van der Waals surface area contributed by atoms with E-state index in [2.05, 4.69) is 85.0 Å². The molecular formula is C38H24N2O. The first kappa shape index (κ1) is 24.4. The summed E-state index contributed by atoms with van der Waals surface area (Å²) in [6.45, 7) is 0. The van der Waals surface area contributed by atoms with Crippen molar-refractivity contribution in [2.75, 3.05) is 0 Å². The summed E-state index contributed by atoms with van der Waals surface area (Å²) in [5.74, 6) is 0. The number of fused-ring (bicyclic) bond motifs is 3. The molecule has 192 valence electrons. The number of hydrogen-bond donors (Lipinski definition) is 0. The van der Waals surface area contributed by atoms with Gasteiger partial charge in [-0.3, -0.25) is 0 Å². The molecule has 0 fully saturated rings. The van der Waals surface area contributed by atoms with Gasteiger partial charge in [-0.15, -0.1) is 0 Å². The summed E-state index contributed by atoms with van der Waals surface area (Å²) in [5, 5.41) is 22.0. The quantitative estimate of drug-likeness (QED) is 0.230. The summed E-state index contributed by atoms with van der Waals surface area (Å²) < 4.78 is 6.40. The smallest absolute Gasteiger partial charge is 0.153 e. The lowest BCUT2D eigenvalue weighted by molar-refractivity contribution is 0.668. The Hall–Kier alpha value is -5.64. The van der Waals surface area contributed by atoms with Gasteiger partial charge in [0.25, 0.3) is 0 Å². The normalized spacial score (nSPS) is 12.7. The van der Waals surface area contributed by atoms with Gasteiger partial charge in [-0.25, -0.2) is 0 Å². The number of nitrogens with zero attached hydrogens (tertiary/aromatic N) is 2. The lowest BCUT2D eigenvalue weighted by Gasteiger charge is -2.16. The van der Waals surface area contributed by atoms with E-state index in [1.807, 2.05) is 42.5 Å². The van der Waals surface area contributed by atoms with E-state index in [0.29, 0.717) is 16.7 Å². The molecule has 0 N–H and O–H groups in total. The number of hydrogen-bond acceptors (Lipinski definition) is 3. The predicted molar refractivity (Wildman–Crippen MR) is 166 cm³/mol. The molecule has 6 aromatic rings. The van der Waals surface area contributed by atoms with Crippen LogP contribution in [-0.2, 0) is 0 Å². The lowest BCUT2D eigenvalue weighted by atomic mass is 9.86. The van der Waals surface area contributed by atoms with Gasteiger partial charge in [-0.05, 0) is 58.9 Å². The Labute approximate surface area is 238 Å². The zero-order valence-electron chi connectivity index (χ0n) is 22.3. The van der Waals surface area contributed by atoms with Gasteiger partial charge in [0.2, 0.25) is 0 Å². The fraction of sp³-hybridized carbons (Fsp3) is 0.0526. The third-order valence-electron chi connectivity index (χ3n) is 7.82. The zero-order chi connectivity index (χ0) is 27.8. The molecule has 3 heteroatoms. The second-order valence-corrected chi connectivity index (χ2v) is 10.2. The molecule has 1 aliphatic carbocycles. The summed E-state index contributed by atoms with van der Waals surface area (Å²) in [6.07, 6.45) is 8.44. The van der Waals surface area contributed by atoms with Gasteiger partial charge in [0.1, 0.15) is 17.7 Å². The van der Waals surface area contributed by atoms with Crippen LogP contribution >= 0.6 is 0 Å². The third kappa shape index (κ3) is 4.22. The highest BCUT2D eigenvalue weighted by Crippen LogP contribution is 2.41. The van der Waals surface area contributed by atoms with Gasteiger partial charge in [-0.1, -0.05) is 103 Å². The summed E-state index contributed by atoms with van der Waals surface area (Å²) in [5.41, 5.74) is 10.5. The zero-order valence-corrected chi connectivity index (χ0v) is 22.3. The highest BCUT2D eigenvalue weighted by atomic mass is 16.3. The van der Waals surface area contributed by atoms with Gasteiger partial charge in [0.05, 0.1) is 11.1 Å². The van der Waals surface area contributed by atoms with Crippen molar-refractivity contribution >= 4 is 27.5 Å². The molecule has 1 aromatic heterocycles. The lowest BCUT2D eigenvalue weighted by Crippen LogP contribution is -1.96. The van der Waals surface area contributed by atoms with E-state index in [-0.39, 0.29) is 0 Å². The van der Waals surface area contributed by atoms with E-state index in [9.17, 15) is 10.5 Å². The van der Waals surface area contributed by atoms with E-state index in [0.717, 1.165) is 73.7 Å². The first-order chi connectivity index (χ1) is 20.2. The van der Waals surface area contributed by atoms with Crippen LogP contribution < -0.4 is 0 Å². The molecule has 0 unspecified atom stereocenters. The number of nitriles is 2. The number of furan rings is 1. The summed E-state index contributed by atoms with van der Waals surface area (Å²) in [7, 11) is 0. The molecule has 0 spiro atoms. The van der Waals surface area contributed by atoms with Crippen molar-refractivity contribution in [1.29, 1.82) is 10.5 Å². The van der Waals surface area contributed by atoms with Crippen molar-refractivity contribution in [1.82, 2.24) is 0 Å². The fourth-order valence-electron chi connectivity index (χ4n) is 5.79. The first-order valence-electron chi connectivity index (χ1n) is 13.7. The Morgan fingerprint density at radius 2 is 1.27 bits per heavy atom. The maximum atomic E-state index is 10.5. The average Bonchev–Trinajstić information content (AvgIpc) is 3.44. The monoisotopic (exact) mass is 524 g/mol. The van der Waals surface area contributed by atoms with Crippen molar-refractivity contribution < 1.29 is 4.42 Å². The van der Waals surface area contributed by atoms with Crippen LogP contribution in [-0.4, -0.2) is 0 Å². The van der Waals surface area contributed by atoms with Crippen molar-refractivity contribution in [3.63, 3.8) is 0 Å². The molecule has 0 amide bonds. The second-order valence-electron chi connectivity index (χ2n) is 10.2. The topological polar surface area (TPSA) is 60.7 Å². The van der Waals surface area contributed by atoms with Crippen LogP contribution in [0.4, 0.5) is 0 Å². The number of para-hydroxylation sites is 2. The largest absolute Gasteiger partial charge is 0.454 e. The van der Waals surface area contributed by atoms with Crippen LogP contribution in [0.5, 0.6) is 0 Å². The maximum absolute atomic E-state index is 10.5. The molecule has 0 atom stereocenters. The molecule has 3 nitrogen and oxygen atoms in total. The van der Waals surface area contributed by atoms with Crippen LogP contribution in [0.25, 0.3) is 60.9 Å². The molecular weight excluding hydrogens is 500 g/mol. The van der Waals surface area contributed by atoms with Crippen LogP contribution in [0.15, 0.2) is 126 Å². The summed E-state index contributed by atoms with van der Waals surface area (Å²) in [4.78, 5) is 0. The Morgan fingerprint density at radius 1 is 0.561 bits per heavy atom. The average molecular weight is 525 g/mol. The van der Waals surface area contributed by atoms with E-state index >= 15 is 0 Å². The minimum atomic E-state index is 0.516. The van der Waals surface area contributed by atoms with Gasteiger partial charge >= 0.3 is 0 Å². The summed E-state index contributed by atoms with van der Waals surface area (Å²) in [6, 6.07) is 39.5. The minimum absolute atomic E-state index is 0.516. The molecule has 0 aliphatic heterocycles. The Bertz CT molecular complexity index is 2100. The SMILES string of the molecule is N#Cc1c(C2=CCCC=C2)cc(-c2cccc3c2oc2c(C#N)cccc23)cc1-c1ccc(-c2ccccc2)cc1. The number of allylic oxidation sites excluding steroid dienone is 4. The van der Waals surface area contributed by atoms with Crippen LogP contribution in [0.2, 0.25) is 0 Å². The van der Waals surface area contributed by atoms with Gasteiger partial charge in [0.15, 0.2) is 5.58 Å². The minimum Gasteiger partial charge on any atom is -0.454 e. The highest BCUT2D eigenvalue weighted by molar-refractivity contribution is 6.11. The Kier molecular flexibility index (Phi) is 6.05. The predicted octanol–water partition coefficient (Wildman–Crippen LogP) is 10.1. The Morgan fingerprint density at radius 3 is 2.00 bits per heavy atom. The molecule has 0 saturated heterocycles. The van der Waals surface area contributed by atoms with Crippen LogP contribution in [0.3, 0.4) is 0 Å². The van der Waals surface area contributed by atoms with E-state index in [1.54, 1.807) is 6.07 Å². The van der Waals surface area contributed by atoms with E-state index in [1.165, 1.54) is 0 Å². The molecule has 0 saturated carbocycles. The molecule has 5 aromatic carbocycles. The standard InChI is InChI=1S/C38H24N2O/c39-23-29-13-7-15-32-33-16-8-14-31(38(33)41-37(29)32)30-21-34(27-11-5-2-6-12-27)36(24-40)35(22-30)28-19-17-26(18-20-28)25-9-3-1-4-10-25/h1,3-5,7-22H,2,6H2. The molecule has 0 bridgehead atoms. The van der Waals surface area contributed by atoms with Crippen molar-refractivity contribution in [3.8, 4) is 45.5 Å². The van der Waals surface area contributed by atoms with E-state index < -0.39 is 0 Å². The third-order valence-corrected chi connectivity index (χ3v) is 7.82. The van der Waals surface area contributed by atoms with Crippen molar-refractivity contribution in [2.24, 2.45) is 0 Å². The fourth-order valence-corrected chi connectivity index (χ4v) is 5.79. The molecule has 0 radical (unpaired) electrons. The van der Waals surface area contributed by atoms with Crippen LogP contribution in [0.1, 0.15) is 29.5 Å².